The van der Waals surface area contributed by atoms with Crippen LogP contribution in [0.3, 0.4) is 0 Å². The first kappa shape index (κ1) is 15.1. The van der Waals surface area contributed by atoms with Crippen molar-refractivity contribution in [2.45, 2.75) is 37.9 Å². The maximum absolute atomic E-state index is 12.4. The maximum Gasteiger partial charge on any atom is 0.255 e. The summed E-state index contributed by atoms with van der Waals surface area (Å²) in [5.41, 5.74) is 6.04. The van der Waals surface area contributed by atoms with Crippen LogP contribution in [-0.2, 0) is 16.6 Å². The number of carbonyl (C=O) groups is 2. The quantitative estimate of drug-likeness (QED) is 0.901. The van der Waals surface area contributed by atoms with Crippen LogP contribution < -0.4 is 5.73 Å². The van der Waals surface area contributed by atoms with Gasteiger partial charge in [-0.2, -0.15) is 0 Å². The van der Waals surface area contributed by atoms with E-state index in [-0.39, 0.29) is 17.9 Å². The number of hydrogen-bond acceptors (Lipinski definition) is 3. The molecular formula is C16H23N3O3. The minimum absolute atomic E-state index is 0.0985. The fraction of sp³-hybridized carbons (Fsp3) is 0.625. The largest absolute Gasteiger partial charge is 0.367 e. The number of rotatable bonds is 3. The van der Waals surface area contributed by atoms with Gasteiger partial charge in [-0.1, -0.05) is 0 Å². The van der Waals surface area contributed by atoms with Crippen LogP contribution in [0.15, 0.2) is 18.5 Å². The standard InChI is InChI=1S/C16H23N3O3/c1-18-7-4-12(10-18)16(21)19-8-5-11(6-9-19)13-2-3-14(22-13)15(17)20/h4,7,10-11,13-14H,2-3,5-6,8-9H2,1H3,(H2,17,20)/t13-,14+/m0/s1. The summed E-state index contributed by atoms with van der Waals surface area (Å²) in [4.78, 5) is 25.5. The van der Waals surface area contributed by atoms with E-state index in [1.54, 1.807) is 0 Å². The van der Waals surface area contributed by atoms with E-state index in [0.717, 1.165) is 44.3 Å². The first-order valence-electron chi connectivity index (χ1n) is 7.90. The molecule has 2 N–H and O–H groups in total. The van der Waals surface area contributed by atoms with E-state index in [2.05, 4.69) is 0 Å². The topological polar surface area (TPSA) is 77.6 Å². The molecule has 0 aromatic carbocycles. The Bertz CT molecular complexity index is 561. The molecule has 0 saturated carbocycles. The molecule has 22 heavy (non-hydrogen) atoms. The highest BCUT2D eigenvalue weighted by atomic mass is 16.5. The number of likely N-dealkylation sites (tertiary alicyclic amines) is 1. The molecule has 0 radical (unpaired) electrons. The summed E-state index contributed by atoms with van der Waals surface area (Å²) < 4.78 is 7.65. The number of nitrogens with two attached hydrogens (primary N) is 1. The molecule has 6 nitrogen and oxygen atoms in total. The molecule has 3 rings (SSSR count). The van der Waals surface area contributed by atoms with Gasteiger partial charge in [0.1, 0.15) is 6.10 Å². The average Bonchev–Trinajstić information content (AvgIpc) is 3.16. The zero-order chi connectivity index (χ0) is 15.7. The summed E-state index contributed by atoms with van der Waals surface area (Å²) in [6.07, 6.45) is 6.90. The van der Waals surface area contributed by atoms with Crippen LogP contribution in [0.5, 0.6) is 0 Å². The van der Waals surface area contributed by atoms with E-state index < -0.39 is 6.10 Å². The van der Waals surface area contributed by atoms with E-state index >= 15 is 0 Å². The van der Waals surface area contributed by atoms with Gasteiger partial charge < -0.3 is 19.9 Å². The van der Waals surface area contributed by atoms with Gasteiger partial charge in [-0.05, 0) is 37.7 Å². The lowest BCUT2D eigenvalue weighted by Gasteiger charge is -2.34. The molecule has 2 fully saturated rings. The van der Waals surface area contributed by atoms with Crippen molar-refractivity contribution >= 4 is 11.8 Å². The molecule has 2 saturated heterocycles. The number of primary amides is 1. The highest BCUT2D eigenvalue weighted by molar-refractivity contribution is 5.94. The summed E-state index contributed by atoms with van der Waals surface area (Å²) in [5.74, 6) is 0.157. The Balaban J connectivity index is 1.52. The molecular weight excluding hydrogens is 282 g/mol. The van der Waals surface area contributed by atoms with Crippen LogP contribution in [0.25, 0.3) is 0 Å². The highest BCUT2D eigenvalue weighted by Gasteiger charge is 2.36. The van der Waals surface area contributed by atoms with Crippen molar-refractivity contribution in [3.63, 3.8) is 0 Å². The lowest BCUT2D eigenvalue weighted by atomic mass is 9.89. The SMILES string of the molecule is Cn1ccc(C(=O)N2CCC([C@@H]3CC[C@H](C(N)=O)O3)CC2)c1. The van der Waals surface area contributed by atoms with Crippen LogP contribution in [-0.4, -0.2) is 46.6 Å². The van der Waals surface area contributed by atoms with E-state index in [4.69, 9.17) is 10.5 Å². The molecule has 0 spiro atoms. The first-order valence-corrected chi connectivity index (χ1v) is 7.90. The number of nitrogens with zero attached hydrogens (tertiary/aromatic N) is 2. The van der Waals surface area contributed by atoms with Gasteiger partial charge in [0.2, 0.25) is 5.91 Å². The lowest BCUT2D eigenvalue weighted by molar-refractivity contribution is -0.130. The van der Waals surface area contributed by atoms with Gasteiger partial charge in [-0.3, -0.25) is 9.59 Å². The van der Waals surface area contributed by atoms with Gasteiger partial charge in [0.25, 0.3) is 5.91 Å². The van der Waals surface area contributed by atoms with Crippen molar-refractivity contribution in [3.05, 3.63) is 24.0 Å². The number of aromatic nitrogens is 1. The van der Waals surface area contributed by atoms with Crippen LogP contribution in [0.2, 0.25) is 0 Å². The number of hydrogen-bond donors (Lipinski definition) is 1. The molecule has 2 aliphatic heterocycles. The minimum atomic E-state index is -0.422. The molecule has 3 heterocycles. The Morgan fingerprint density at radius 3 is 2.50 bits per heavy atom. The maximum atomic E-state index is 12.4. The van der Waals surface area contributed by atoms with Gasteiger partial charge in [0.15, 0.2) is 0 Å². The highest BCUT2D eigenvalue weighted by Crippen LogP contribution is 2.32. The minimum Gasteiger partial charge on any atom is -0.367 e. The van der Waals surface area contributed by atoms with Gasteiger partial charge in [0.05, 0.1) is 11.7 Å². The molecule has 0 aliphatic carbocycles. The first-order chi connectivity index (χ1) is 10.5. The second kappa shape index (κ2) is 6.12. The number of amides is 2. The van der Waals surface area contributed by atoms with Crippen molar-refractivity contribution in [2.24, 2.45) is 18.7 Å². The van der Waals surface area contributed by atoms with E-state index in [1.165, 1.54) is 0 Å². The Morgan fingerprint density at radius 1 is 1.23 bits per heavy atom. The molecule has 2 aliphatic rings. The van der Waals surface area contributed by atoms with Crippen molar-refractivity contribution in [3.8, 4) is 0 Å². The fourth-order valence-electron chi connectivity index (χ4n) is 3.51. The smallest absolute Gasteiger partial charge is 0.255 e. The summed E-state index contributed by atoms with van der Waals surface area (Å²) >= 11 is 0. The molecule has 0 unspecified atom stereocenters. The van der Waals surface area contributed by atoms with E-state index in [1.807, 2.05) is 35.0 Å². The average molecular weight is 305 g/mol. The van der Waals surface area contributed by atoms with Crippen LogP contribution in [0.4, 0.5) is 0 Å². The van der Waals surface area contributed by atoms with Gasteiger partial charge in [-0.25, -0.2) is 0 Å². The predicted octanol–water partition coefficient (Wildman–Crippen LogP) is 0.910. The van der Waals surface area contributed by atoms with E-state index in [9.17, 15) is 9.59 Å². The second-order valence-electron chi connectivity index (χ2n) is 6.34. The zero-order valence-corrected chi connectivity index (χ0v) is 12.9. The molecule has 2 amide bonds. The molecule has 1 aromatic rings. The molecule has 2 atom stereocenters. The van der Waals surface area contributed by atoms with Crippen molar-refractivity contribution < 1.29 is 14.3 Å². The van der Waals surface area contributed by atoms with Gasteiger partial charge >= 0.3 is 0 Å². The third kappa shape index (κ3) is 3.02. The summed E-state index contributed by atoms with van der Waals surface area (Å²) in [6.45, 7) is 1.50. The Morgan fingerprint density at radius 2 is 1.95 bits per heavy atom. The molecule has 6 heteroatoms. The van der Waals surface area contributed by atoms with Crippen LogP contribution in [0.1, 0.15) is 36.0 Å². The number of carbonyl (C=O) groups excluding carboxylic acids is 2. The molecule has 0 bridgehead atoms. The number of ether oxygens (including phenoxy) is 1. The summed E-state index contributed by atoms with van der Waals surface area (Å²) in [6, 6.07) is 1.85. The normalized spacial score (nSPS) is 26.3. The van der Waals surface area contributed by atoms with Crippen LogP contribution in [0, 0.1) is 5.92 Å². The monoisotopic (exact) mass is 305 g/mol. The molecule has 1 aromatic heterocycles. The number of piperidine rings is 1. The van der Waals surface area contributed by atoms with Crippen molar-refractivity contribution in [2.75, 3.05) is 13.1 Å². The fourth-order valence-corrected chi connectivity index (χ4v) is 3.51. The van der Waals surface area contributed by atoms with Crippen LogP contribution >= 0.6 is 0 Å². The third-order valence-electron chi connectivity index (χ3n) is 4.80. The predicted molar refractivity (Wildman–Crippen MR) is 81.1 cm³/mol. The van der Waals surface area contributed by atoms with Gasteiger partial charge in [0, 0.05) is 32.5 Å². The Hall–Kier alpha value is -1.82. The van der Waals surface area contributed by atoms with E-state index in [0.29, 0.717) is 5.92 Å². The second-order valence-corrected chi connectivity index (χ2v) is 6.34. The number of aryl methyl sites for hydroxylation is 1. The Labute approximate surface area is 130 Å². The summed E-state index contributed by atoms with van der Waals surface area (Å²) in [7, 11) is 1.91. The molecule has 120 valence electrons. The van der Waals surface area contributed by atoms with Crippen molar-refractivity contribution in [1.82, 2.24) is 9.47 Å². The van der Waals surface area contributed by atoms with Gasteiger partial charge in [-0.15, -0.1) is 0 Å². The van der Waals surface area contributed by atoms with Crippen molar-refractivity contribution in [1.29, 1.82) is 0 Å². The zero-order valence-electron chi connectivity index (χ0n) is 12.9. The third-order valence-corrected chi connectivity index (χ3v) is 4.80. The lowest BCUT2D eigenvalue weighted by Crippen LogP contribution is -2.41. The Kier molecular flexibility index (Phi) is 4.20. The summed E-state index contributed by atoms with van der Waals surface area (Å²) in [5, 5.41) is 0.